The van der Waals surface area contributed by atoms with Crippen molar-refractivity contribution in [3.63, 3.8) is 0 Å². The van der Waals surface area contributed by atoms with Crippen LogP contribution >= 0.6 is 0 Å². The van der Waals surface area contributed by atoms with Gasteiger partial charge in [-0.15, -0.1) is 0 Å². The van der Waals surface area contributed by atoms with Gasteiger partial charge in [0, 0.05) is 0 Å². The molecule has 0 amide bonds. The van der Waals surface area contributed by atoms with Crippen LogP contribution in [0.2, 0.25) is 0 Å². The quantitative estimate of drug-likeness (QED) is 0.306. The van der Waals surface area contributed by atoms with Crippen molar-refractivity contribution in [3.05, 3.63) is 0 Å². The fourth-order valence-electron chi connectivity index (χ4n) is 0. The number of hydrogen-bond donors (Lipinski definition) is 4. The van der Waals surface area contributed by atoms with Crippen molar-refractivity contribution in [2.45, 2.75) is 0 Å². The van der Waals surface area contributed by atoms with Gasteiger partial charge in [0.15, 0.2) is 0 Å². The van der Waals surface area contributed by atoms with E-state index in [-0.39, 0.29) is 0 Å². The molecule has 0 saturated carbocycles. The normalized spacial score (nSPS) is 9.11. The number of rotatable bonds is 0. The maximum absolute atomic E-state index is 8.80. The Kier molecular flexibility index (Phi) is 5.76. The minimum absolute atomic E-state index is 3.13. The van der Waals surface area contributed by atoms with Crippen LogP contribution in [0.15, 0.2) is 0 Å². The predicted molar refractivity (Wildman–Crippen MR) is 16.7 cm³/mol. The molecule has 0 aromatic rings. The molecule has 4 N–H and O–H groups in total. The van der Waals surface area contributed by atoms with Gasteiger partial charge in [0.25, 0.3) is 0 Å². The molecule has 0 rings (SSSR count). The molecule has 0 saturated heterocycles. The van der Waals surface area contributed by atoms with Crippen molar-refractivity contribution in [1.29, 1.82) is 0 Å². The summed E-state index contributed by atoms with van der Waals surface area (Å²) in [7, 11) is -3.13. The Labute approximate surface area is 53.4 Å². The molecular formula is H4MnO7Si. The van der Waals surface area contributed by atoms with Crippen LogP contribution in [0, 0.1) is 0 Å². The zero-order chi connectivity index (χ0) is 8.08. The molecule has 0 atom stereocenters. The van der Waals surface area contributed by atoms with Crippen molar-refractivity contribution in [3.8, 4) is 0 Å². The van der Waals surface area contributed by atoms with E-state index in [1.165, 1.54) is 0 Å². The van der Waals surface area contributed by atoms with Crippen LogP contribution in [0.3, 0.4) is 0 Å². The third kappa shape index (κ3) is 2070. The molecule has 0 bridgehead atoms. The van der Waals surface area contributed by atoms with Crippen molar-refractivity contribution >= 4 is 9.17 Å². The Morgan fingerprint density at radius 2 is 1.11 bits per heavy atom. The summed E-state index contributed by atoms with van der Waals surface area (Å²) < 4.78 is 40.6. The summed E-state index contributed by atoms with van der Waals surface area (Å²) in [6.07, 6.45) is 0. The Morgan fingerprint density at radius 1 is 1.11 bits per heavy atom. The first kappa shape index (κ1) is 11.5. The van der Waals surface area contributed by atoms with Gasteiger partial charge in [-0.05, 0) is 0 Å². The first-order valence-corrected chi connectivity index (χ1v) is 4.62. The zero-order valence-electron chi connectivity index (χ0n) is 3.89. The van der Waals surface area contributed by atoms with E-state index < -0.39 is 22.5 Å². The molecule has 9 heteroatoms. The van der Waals surface area contributed by atoms with E-state index in [0.29, 0.717) is 0 Å². The molecule has 0 radical (unpaired) electrons. The van der Waals surface area contributed by atoms with Gasteiger partial charge in [-0.2, -0.15) is 0 Å². The average molecular weight is 199 g/mol. The monoisotopic (exact) mass is 199 g/mol. The summed E-state index contributed by atoms with van der Waals surface area (Å²) in [4.78, 5) is 14.3. The van der Waals surface area contributed by atoms with Gasteiger partial charge in [0.2, 0.25) is 0 Å². The van der Waals surface area contributed by atoms with Gasteiger partial charge in [-0.25, -0.2) is 0 Å². The number of hydrogen-bond acceptors (Lipinski definition) is 3. The second-order valence-electron chi connectivity index (χ2n) is 0.697. The second kappa shape index (κ2) is 4.53. The molecule has 0 heterocycles. The van der Waals surface area contributed by atoms with Crippen molar-refractivity contribution < 1.29 is 43.5 Å². The van der Waals surface area contributed by atoms with Crippen molar-refractivity contribution in [2.75, 3.05) is 0 Å². The van der Waals surface area contributed by atoms with Gasteiger partial charge in [0.05, 0.1) is 0 Å². The first-order valence-electron chi connectivity index (χ1n) is 1.30. The molecular weight excluding hydrogens is 195 g/mol. The summed E-state index contributed by atoms with van der Waals surface area (Å²) in [6.45, 7) is 0. The van der Waals surface area contributed by atoms with Crippen LogP contribution in [-0.2, 0) is 25.5 Å². The molecule has 0 aliphatic rings. The molecule has 0 aliphatic heterocycles. The molecule has 0 spiro atoms. The zero-order valence-corrected chi connectivity index (χ0v) is 6.07. The predicted octanol–water partition coefficient (Wildman–Crippen LogP) is -2.97. The summed E-state index contributed by atoms with van der Waals surface area (Å²) in [5.74, 6) is 0. The van der Waals surface area contributed by atoms with Gasteiger partial charge in [0.1, 0.15) is 0 Å². The molecule has 57 valence electrons. The van der Waals surface area contributed by atoms with Gasteiger partial charge < -0.3 is 9.59 Å². The van der Waals surface area contributed by atoms with Crippen molar-refractivity contribution in [1.82, 2.24) is 0 Å². The Balaban J connectivity index is 0. The first-order chi connectivity index (χ1) is 3.73. The van der Waals surface area contributed by atoms with Gasteiger partial charge in [-0.3, -0.25) is 4.46 Å². The fraction of sp³-hybridized carbons (Fsp3) is 0. The van der Waals surface area contributed by atoms with E-state index >= 15 is 0 Å². The molecule has 0 fully saturated rings. The average Bonchev–Trinajstić information content (AvgIpc) is 1.19. The molecule has 0 aromatic heterocycles. The van der Waals surface area contributed by atoms with E-state index in [1.807, 2.05) is 0 Å². The second-order valence-corrected chi connectivity index (χ2v) is 2.56. The van der Waals surface area contributed by atoms with E-state index in [4.69, 9.17) is 30.1 Å². The third-order valence-electron chi connectivity index (χ3n) is 0. The Hall–Kier alpha value is -0.344. The van der Waals surface area contributed by atoms with Crippen LogP contribution in [0.1, 0.15) is 0 Å². The minimum atomic E-state index is -5.12. The van der Waals surface area contributed by atoms with E-state index in [9.17, 15) is 0 Å². The topological polar surface area (TPSA) is 132 Å². The van der Waals surface area contributed by atoms with Crippen molar-refractivity contribution in [2.24, 2.45) is 0 Å². The van der Waals surface area contributed by atoms with Crippen LogP contribution in [0.4, 0.5) is 0 Å². The van der Waals surface area contributed by atoms with Gasteiger partial charge in [-0.1, -0.05) is 0 Å². The summed E-state index contributed by atoms with van der Waals surface area (Å²) in [5, 5.41) is 0. The molecule has 0 unspecified atom stereocenters. The summed E-state index contributed by atoms with van der Waals surface area (Å²) in [5.41, 5.74) is 0. The SMILES string of the molecule is O=[Si](O)O.[O]=[Mn](=[O])([OH])[OH]. The van der Waals surface area contributed by atoms with E-state index in [2.05, 4.69) is 0 Å². The Morgan fingerprint density at radius 3 is 1.11 bits per heavy atom. The maximum atomic E-state index is 8.80. The van der Waals surface area contributed by atoms with Crippen LogP contribution in [-0.4, -0.2) is 27.1 Å². The van der Waals surface area contributed by atoms with E-state index in [0.717, 1.165) is 0 Å². The van der Waals surface area contributed by atoms with Crippen LogP contribution < -0.4 is 0 Å². The molecule has 0 aliphatic carbocycles. The third-order valence-corrected chi connectivity index (χ3v) is 0. The summed E-state index contributed by atoms with van der Waals surface area (Å²) in [6, 6.07) is 0. The molecule has 0 aromatic carbocycles. The van der Waals surface area contributed by atoms with Crippen LogP contribution in [0.25, 0.3) is 0 Å². The van der Waals surface area contributed by atoms with Gasteiger partial charge >= 0.3 is 38.6 Å². The molecule has 9 heavy (non-hydrogen) atoms. The summed E-state index contributed by atoms with van der Waals surface area (Å²) >= 11 is -5.12. The van der Waals surface area contributed by atoms with Crippen LogP contribution in [0.5, 0.6) is 0 Å². The standard InChI is InChI=1S/Mn.H2O3Si.2H2O.2O/c;1-4(2)3;;;;/h;1-2H;2*1H2;;/q+2;;;;;/p-2. The Bertz CT molecular complexity index is 151. The molecule has 7 nitrogen and oxygen atoms in total. The van der Waals surface area contributed by atoms with E-state index in [1.54, 1.807) is 0 Å². The fourth-order valence-corrected chi connectivity index (χ4v) is 0.